The molecule has 2 aliphatic rings. The highest BCUT2D eigenvalue weighted by Gasteiger charge is 2.32. The maximum Gasteiger partial charge on any atom is 0.227 e. The maximum absolute atomic E-state index is 13.2. The van der Waals surface area contributed by atoms with Crippen LogP contribution < -0.4 is 4.90 Å². The molecular weight excluding hydrogens is 424 g/mol. The first-order valence-electron chi connectivity index (χ1n) is 11.5. The predicted molar refractivity (Wildman–Crippen MR) is 127 cm³/mol. The molecule has 1 atom stereocenters. The smallest absolute Gasteiger partial charge is 0.227 e. The third kappa shape index (κ3) is 3.83. The van der Waals surface area contributed by atoms with Gasteiger partial charge in [-0.05, 0) is 70.2 Å². The van der Waals surface area contributed by atoms with Crippen LogP contribution in [-0.2, 0) is 4.79 Å². The van der Waals surface area contributed by atoms with Crippen molar-refractivity contribution in [3.63, 3.8) is 0 Å². The molecule has 2 saturated heterocycles. The number of fused-ring (bicyclic) bond motifs is 1. The van der Waals surface area contributed by atoms with Gasteiger partial charge < -0.3 is 9.80 Å². The lowest BCUT2D eigenvalue weighted by molar-refractivity contribution is -0.136. The molecule has 3 aromatic rings. The summed E-state index contributed by atoms with van der Waals surface area (Å²) < 4.78 is 1.93. The van der Waals surface area contributed by atoms with Gasteiger partial charge in [0.05, 0.1) is 28.4 Å². The minimum atomic E-state index is 0.0134. The molecule has 4 heterocycles. The van der Waals surface area contributed by atoms with Crippen molar-refractivity contribution in [3.05, 3.63) is 40.7 Å². The summed E-state index contributed by atoms with van der Waals surface area (Å²) in [5.41, 5.74) is 3.68. The van der Waals surface area contributed by atoms with Crippen LogP contribution in [0.25, 0.3) is 16.6 Å². The zero-order valence-corrected chi connectivity index (χ0v) is 19.5. The second-order valence-electron chi connectivity index (χ2n) is 8.98. The van der Waals surface area contributed by atoms with Crippen LogP contribution >= 0.6 is 11.6 Å². The molecule has 1 amide bonds. The van der Waals surface area contributed by atoms with E-state index in [0.29, 0.717) is 17.5 Å². The van der Waals surface area contributed by atoms with E-state index in [9.17, 15) is 4.79 Å². The number of aromatic nitrogens is 4. The number of carbonyl (C=O) groups excluding carboxylic acids is 1. The summed E-state index contributed by atoms with van der Waals surface area (Å²) >= 11 is 6.08. The topological polar surface area (TPSA) is 67.2 Å². The second kappa shape index (κ2) is 8.70. The molecule has 1 aromatic carbocycles. The fourth-order valence-corrected chi connectivity index (χ4v) is 5.23. The Morgan fingerprint density at radius 1 is 1.00 bits per heavy atom. The van der Waals surface area contributed by atoms with E-state index >= 15 is 0 Å². The van der Waals surface area contributed by atoms with Crippen molar-refractivity contribution in [3.8, 4) is 5.69 Å². The van der Waals surface area contributed by atoms with Crippen molar-refractivity contribution in [1.82, 2.24) is 24.9 Å². The van der Waals surface area contributed by atoms with Gasteiger partial charge in [0.1, 0.15) is 5.52 Å². The Labute approximate surface area is 193 Å². The molecule has 7 nitrogen and oxygen atoms in total. The Bertz CT molecular complexity index is 1140. The highest BCUT2D eigenvalue weighted by molar-refractivity contribution is 6.30. The molecule has 2 fully saturated rings. The normalized spacial score (nSPS) is 19.5. The standard InChI is InChI=1S/C24H29ClN6O/c1-16-21-17(2)31(20-10-8-19(25)9-11-20)28-22(21)23(27-26-16)30-14-6-7-18(15-30)24(32)29-12-4-3-5-13-29/h8-11,18H,3-7,12-15H2,1-2H3/t18-/m1/s1. The summed E-state index contributed by atoms with van der Waals surface area (Å²) in [4.78, 5) is 17.4. The average Bonchev–Trinajstić information content (AvgIpc) is 3.18. The van der Waals surface area contributed by atoms with Gasteiger partial charge in [-0.2, -0.15) is 10.2 Å². The number of carbonyl (C=O) groups is 1. The van der Waals surface area contributed by atoms with E-state index in [1.165, 1.54) is 6.42 Å². The first-order chi connectivity index (χ1) is 15.5. The molecule has 8 heteroatoms. The van der Waals surface area contributed by atoms with Crippen molar-refractivity contribution < 1.29 is 4.79 Å². The summed E-state index contributed by atoms with van der Waals surface area (Å²) in [5.74, 6) is 1.09. The van der Waals surface area contributed by atoms with E-state index in [-0.39, 0.29) is 5.92 Å². The summed E-state index contributed by atoms with van der Waals surface area (Å²) in [5, 5.41) is 15.7. The van der Waals surface area contributed by atoms with Crippen LogP contribution in [0.3, 0.4) is 0 Å². The van der Waals surface area contributed by atoms with Crippen molar-refractivity contribution >= 4 is 34.2 Å². The Morgan fingerprint density at radius 3 is 2.50 bits per heavy atom. The lowest BCUT2D eigenvalue weighted by Crippen LogP contribution is -2.46. The molecule has 32 heavy (non-hydrogen) atoms. The number of rotatable bonds is 3. The number of amides is 1. The highest BCUT2D eigenvalue weighted by atomic mass is 35.5. The quantitative estimate of drug-likeness (QED) is 0.592. The van der Waals surface area contributed by atoms with E-state index in [1.807, 2.05) is 35.9 Å². The molecule has 5 rings (SSSR count). The lowest BCUT2D eigenvalue weighted by Gasteiger charge is -2.36. The predicted octanol–water partition coefficient (Wildman–Crippen LogP) is 4.31. The van der Waals surface area contributed by atoms with E-state index in [0.717, 1.165) is 79.1 Å². The van der Waals surface area contributed by atoms with E-state index < -0.39 is 0 Å². The molecule has 2 aromatic heterocycles. The number of nitrogens with zero attached hydrogens (tertiary/aromatic N) is 6. The van der Waals surface area contributed by atoms with Gasteiger partial charge in [0.15, 0.2) is 5.82 Å². The van der Waals surface area contributed by atoms with Crippen molar-refractivity contribution in [2.45, 2.75) is 46.0 Å². The van der Waals surface area contributed by atoms with Crippen molar-refractivity contribution in [2.24, 2.45) is 5.92 Å². The molecular formula is C24H29ClN6O. The van der Waals surface area contributed by atoms with Crippen molar-refractivity contribution in [1.29, 1.82) is 0 Å². The third-order valence-electron chi connectivity index (χ3n) is 6.79. The average molecular weight is 453 g/mol. The highest BCUT2D eigenvalue weighted by Crippen LogP contribution is 2.32. The van der Waals surface area contributed by atoms with Crippen LogP contribution in [0.1, 0.15) is 43.5 Å². The number of aryl methyl sites for hydroxylation is 2. The van der Waals surface area contributed by atoms with Crippen LogP contribution in [-0.4, -0.2) is 57.0 Å². The van der Waals surface area contributed by atoms with Gasteiger partial charge in [-0.3, -0.25) is 4.79 Å². The van der Waals surface area contributed by atoms with Crippen LogP contribution in [0.4, 0.5) is 5.82 Å². The van der Waals surface area contributed by atoms with Crippen molar-refractivity contribution in [2.75, 3.05) is 31.1 Å². The molecule has 0 N–H and O–H groups in total. The van der Waals surface area contributed by atoms with Gasteiger partial charge in [0.25, 0.3) is 0 Å². The summed E-state index contributed by atoms with van der Waals surface area (Å²) in [6.07, 6.45) is 5.37. The van der Waals surface area contributed by atoms with E-state index in [2.05, 4.69) is 26.9 Å². The molecule has 0 bridgehead atoms. The molecule has 0 unspecified atom stereocenters. The third-order valence-corrected chi connectivity index (χ3v) is 7.05. The minimum absolute atomic E-state index is 0.0134. The fraction of sp³-hybridized carbons (Fsp3) is 0.500. The first kappa shape index (κ1) is 21.2. The molecule has 168 valence electrons. The number of halogens is 1. The van der Waals surface area contributed by atoms with Gasteiger partial charge in [0, 0.05) is 31.2 Å². The molecule has 2 aliphatic heterocycles. The number of benzene rings is 1. The number of piperidine rings is 2. The van der Waals surface area contributed by atoms with Crippen LogP contribution in [0.15, 0.2) is 24.3 Å². The molecule has 0 saturated carbocycles. The Balaban J connectivity index is 1.48. The molecule has 0 aliphatic carbocycles. The minimum Gasteiger partial charge on any atom is -0.352 e. The number of anilines is 1. The lowest BCUT2D eigenvalue weighted by atomic mass is 9.95. The van der Waals surface area contributed by atoms with Gasteiger partial charge in [-0.1, -0.05) is 11.6 Å². The monoisotopic (exact) mass is 452 g/mol. The van der Waals surface area contributed by atoms with Gasteiger partial charge >= 0.3 is 0 Å². The number of likely N-dealkylation sites (tertiary alicyclic amines) is 1. The largest absolute Gasteiger partial charge is 0.352 e. The van der Waals surface area contributed by atoms with Crippen LogP contribution in [0.2, 0.25) is 5.02 Å². The number of hydrogen-bond donors (Lipinski definition) is 0. The van der Waals surface area contributed by atoms with E-state index in [1.54, 1.807) is 0 Å². The van der Waals surface area contributed by atoms with Gasteiger partial charge in [0.2, 0.25) is 5.91 Å². The second-order valence-corrected chi connectivity index (χ2v) is 9.41. The van der Waals surface area contributed by atoms with Crippen LogP contribution in [0, 0.1) is 19.8 Å². The first-order valence-corrected chi connectivity index (χ1v) is 11.9. The van der Waals surface area contributed by atoms with Gasteiger partial charge in [-0.25, -0.2) is 4.68 Å². The Kier molecular flexibility index (Phi) is 5.76. The SMILES string of the molecule is Cc1nnc(N2CCC[C@@H](C(=O)N3CCCCC3)C2)c2nn(-c3ccc(Cl)cc3)c(C)c12. The summed E-state index contributed by atoms with van der Waals surface area (Å²) in [6.45, 7) is 7.36. The zero-order valence-electron chi connectivity index (χ0n) is 18.7. The molecule has 0 radical (unpaired) electrons. The van der Waals surface area contributed by atoms with Gasteiger partial charge in [-0.15, -0.1) is 5.10 Å². The molecule has 0 spiro atoms. The summed E-state index contributed by atoms with van der Waals surface area (Å²) in [7, 11) is 0. The zero-order chi connectivity index (χ0) is 22.2. The maximum atomic E-state index is 13.2. The Hall–Kier alpha value is -2.67. The number of hydrogen-bond acceptors (Lipinski definition) is 5. The van der Waals surface area contributed by atoms with E-state index in [4.69, 9.17) is 16.7 Å². The van der Waals surface area contributed by atoms with Crippen LogP contribution in [0.5, 0.6) is 0 Å². The Morgan fingerprint density at radius 2 is 1.75 bits per heavy atom. The fourth-order valence-electron chi connectivity index (χ4n) is 5.10. The summed E-state index contributed by atoms with van der Waals surface area (Å²) in [6, 6.07) is 7.67.